The first-order chi connectivity index (χ1) is 5.33. The van der Waals surface area contributed by atoms with Gasteiger partial charge in [-0.2, -0.15) is 0 Å². The second kappa shape index (κ2) is 8.57. The Labute approximate surface area is 97.7 Å². The van der Waals surface area contributed by atoms with E-state index in [9.17, 15) is 0 Å². The van der Waals surface area contributed by atoms with Crippen molar-refractivity contribution in [2.75, 3.05) is 0 Å². The van der Waals surface area contributed by atoms with Gasteiger partial charge in [0.05, 0.1) is 0 Å². The van der Waals surface area contributed by atoms with E-state index in [4.69, 9.17) is 0 Å². The van der Waals surface area contributed by atoms with Crippen molar-refractivity contribution in [3.63, 3.8) is 0 Å². The summed E-state index contributed by atoms with van der Waals surface area (Å²) in [7, 11) is 0. The molecule has 0 saturated carbocycles. The van der Waals surface area contributed by atoms with E-state index < -0.39 is 0 Å². The average Bonchev–Trinajstić information content (AvgIpc) is 2.01. The molecule has 0 bridgehead atoms. The van der Waals surface area contributed by atoms with Crippen LogP contribution in [0.3, 0.4) is 0 Å². The molecule has 0 aliphatic rings. The van der Waals surface area contributed by atoms with Gasteiger partial charge < -0.3 is 0 Å². The van der Waals surface area contributed by atoms with Crippen molar-refractivity contribution < 1.29 is 4.57 Å². The molecule has 1 aromatic rings. The molecule has 1 rings (SSSR count). The van der Waals surface area contributed by atoms with Gasteiger partial charge in [0, 0.05) is 35.4 Å². The second-order valence-corrected chi connectivity index (χ2v) is 2.97. The first-order valence-corrected chi connectivity index (χ1v) is 4.28. The molecule has 0 atom stereocenters. The van der Waals surface area contributed by atoms with Crippen LogP contribution in [-0.2, 0) is 6.54 Å². The number of aromatic nitrogens is 1. The number of aryl methyl sites for hydroxylation is 2. The van der Waals surface area contributed by atoms with Crippen molar-refractivity contribution in [1.29, 1.82) is 0 Å². The third kappa shape index (κ3) is 6.10. The summed E-state index contributed by atoms with van der Waals surface area (Å²) >= 11 is 0. The minimum atomic E-state index is 0. The monoisotopic (exact) mass is 213 g/mol. The second-order valence-electron chi connectivity index (χ2n) is 2.97. The molecule has 0 amide bonds. The lowest BCUT2D eigenvalue weighted by Crippen LogP contribution is -2.32. The topological polar surface area (TPSA) is 3.88 Å². The van der Waals surface area contributed by atoms with Gasteiger partial charge in [-0.3, -0.25) is 0 Å². The number of pyridine rings is 1. The van der Waals surface area contributed by atoms with Crippen LogP contribution in [0.2, 0.25) is 0 Å². The number of hydrogen-bond acceptors (Lipinski definition) is 0. The molecule has 0 N–H and O–H groups in total. The highest BCUT2D eigenvalue weighted by Crippen LogP contribution is 1.91. The number of rotatable bonds is 3. The molecule has 13 heavy (non-hydrogen) atoms. The van der Waals surface area contributed by atoms with Crippen molar-refractivity contribution >= 4 is 29.8 Å². The molecule has 0 aliphatic heterocycles. The van der Waals surface area contributed by atoms with Gasteiger partial charge in [0.2, 0.25) is 0 Å². The van der Waals surface area contributed by atoms with Gasteiger partial charge in [0.25, 0.3) is 0 Å². The van der Waals surface area contributed by atoms with Crippen LogP contribution in [0.25, 0.3) is 0 Å². The standard InChI is InChI=1S/C10H16N.Al.ClH/c1-3-4-7-11-8-5-6-10(2)9-11;;/h5-6,8-9H,3-4,7H2,1-2H3;;1H/q+1;;. The molecule has 0 aromatic carbocycles. The fraction of sp³-hybridized carbons (Fsp3) is 0.500. The fourth-order valence-corrected chi connectivity index (χ4v) is 1.13. The Balaban J connectivity index is 0. The van der Waals surface area contributed by atoms with Crippen LogP contribution in [0, 0.1) is 6.92 Å². The highest BCUT2D eigenvalue weighted by Gasteiger charge is 1.97. The molecule has 0 spiro atoms. The van der Waals surface area contributed by atoms with Crippen molar-refractivity contribution in [2.24, 2.45) is 0 Å². The van der Waals surface area contributed by atoms with E-state index in [2.05, 4.69) is 42.9 Å². The van der Waals surface area contributed by atoms with Gasteiger partial charge in [-0.15, -0.1) is 12.4 Å². The summed E-state index contributed by atoms with van der Waals surface area (Å²) in [5.41, 5.74) is 1.34. The van der Waals surface area contributed by atoms with E-state index in [0.29, 0.717) is 0 Å². The summed E-state index contributed by atoms with van der Waals surface area (Å²) in [6.07, 6.45) is 6.85. The van der Waals surface area contributed by atoms with E-state index in [0.717, 1.165) is 6.54 Å². The molecular formula is C10H17AlClN+. The minimum absolute atomic E-state index is 0. The predicted molar refractivity (Wildman–Crippen MR) is 59.3 cm³/mol. The molecule has 3 radical (unpaired) electrons. The molecule has 1 aromatic heterocycles. The van der Waals surface area contributed by atoms with Crippen molar-refractivity contribution in [1.82, 2.24) is 0 Å². The summed E-state index contributed by atoms with van der Waals surface area (Å²) in [6, 6.07) is 4.23. The van der Waals surface area contributed by atoms with E-state index >= 15 is 0 Å². The van der Waals surface area contributed by atoms with Crippen molar-refractivity contribution in [3.05, 3.63) is 30.1 Å². The zero-order valence-corrected chi connectivity index (χ0v) is 10.3. The molecule has 1 nitrogen and oxygen atoms in total. The number of nitrogens with zero attached hydrogens (tertiary/aromatic N) is 1. The quantitative estimate of drug-likeness (QED) is 0.535. The van der Waals surface area contributed by atoms with Crippen LogP contribution in [0.1, 0.15) is 25.3 Å². The van der Waals surface area contributed by atoms with Crippen LogP contribution in [0.15, 0.2) is 24.5 Å². The predicted octanol–water partition coefficient (Wildman–Crippen LogP) is 2.12. The van der Waals surface area contributed by atoms with E-state index in [1.165, 1.54) is 18.4 Å². The number of halogens is 1. The smallest absolute Gasteiger partial charge is 0.171 e. The Morgan fingerprint density at radius 2 is 2.08 bits per heavy atom. The maximum atomic E-state index is 2.25. The van der Waals surface area contributed by atoms with E-state index in [1.807, 2.05) is 0 Å². The average molecular weight is 214 g/mol. The van der Waals surface area contributed by atoms with Gasteiger partial charge in [-0.1, -0.05) is 13.3 Å². The first-order valence-electron chi connectivity index (χ1n) is 4.28. The molecule has 71 valence electrons. The fourth-order valence-electron chi connectivity index (χ4n) is 1.13. The normalized spacial score (nSPS) is 8.46. The Morgan fingerprint density at radius 3 is 2.62 bits per heavy atom. The van der Waals surface area contributed by atoms with Crippen LogP contribution in [-0.4, -0.2) is 17.4 Å². The van der Waals surface area contributed by atoms with Crippen molar-refractivity contribution in [3.8, 4) is 0 Å². The van der Waals surface area contributed by atoms with Gasteiger partial charge >= 0.3 is 0 Å². The summed E-state index contributed by atoms with van der Waals surface area (Å²) in [5.74, 6) is 0. The number of unbranched alkanes of at least 4 members (excludes halogenated alkanes) is 1. The zero-order chi connectivity index (χ0) is 8.10. The van der Waals surface area contributed by atoms with E-state index in [1.54, 1.807) is 0 Å². The SMILES string of the molecule is CCCC[n+]1cccc(C)c1.Cl.[Al]. The highest BCUT2D eigenvalue weighted by molar-refractivity contribution is 5.85. The summed E-state index contributed by atoms with van der Waals surface area (Å²) in [5, 5.41) is 0. The summed E-state index contributed by atoms with van der Waals surface area (Å²) < 4.78 is 2.25. The highest BCUT2D eigenvalue weighted by atomic mass is 35.5. The lowest BCUT2D eigenvalue weighted by molar-refractivity contribution is -0.697. The Hall–Kier alpha value is -0.0275. The van der Waals surface area contributed by atoms with Crippen molar-refractivity contribution in [2.45, 2.75) is 33.2 Å². The van der Waals surface area contributed by atoms with Crippen LogP contribution in [0.5, 0.6) is 0 Å². The Bertz CT molecular complexity index is 228. The Morgan fingerprint density at radius 1 is 1.38 bits per heavy atom. The molecule has 0 aliphatic carbocycles. The zero-order valence-electron chi connectivity index (χ0n) is 8.36. The summed E-state index contributed by atoms with van der Waals surface area (Å²) in [4.78, 5) is 0. The molecule has 1 heterocycles. The van der Waals surface area contributed by atoms with Crippen LogP contribution < -0.4 is 4.57 Å². The summed E-state index contributed by atoms with van der Waals surface area (Å²) in [6.45, 7) is 5.50. The lowest BCUT2D eigenvalue weighted by atomic mass is 10.3. The van der Waals surface area contributed by atoms with Gasteiger partial charge in [-0.05, 0) is 13.0 Å². The maximum absolute atomic E-state index is 2.25. The van der Waals surface area contributed by atoms with Gasteiger partial charge in [0.1, 0.15) is 6.54 Å². The van der Waals surface area contributed by atoms with Crippen LogP contribution >= 0.6 is 12.4 Å². The molecule has 0 saturated heterocycles. The largest absolute Gasteiger partial charge is 0.205 e. The van der Waals surface area contributed by atoms with Crippen LogP contribution in [0.4, 0.5) is 0 Å². The van der Waals surface area contributed by atoms with E-state index in [-0.39, 0.29) is 29.8 Å². The van der Waals surface area contributed by atoms with Gasteiger partial charge in [-0.25, -0.2) is 4.57 Å². The first kappa shape index (κ1) is 15.4. The third-order valence-corrected chi connectivity index (χ3v) is 1.78. The Kier molecular flexibility index (Phi) is 10.2. The minimum Gasteiger partial charge on any atom is -0.205 e. The molecule has 0 fully saturated rings. The number of hydrogen-bond donors (Lipinski definition) is 0. The molecule has 0 unspecified atom stereocenters. The third-order valence-electron chi connectivity index (χ3n) is 1.78. The van der Waals surface area contributed by atoms with Gasteiger partial charge in [0.15, 0.2) is 12.4 Å². The molecule has 3 heteroatoms. The lowest BCUT2D eigenvalue weighted by Gasteiger charge is -1.94. The molecular weight excluding hydrogens is 197 g/mol. The maximum Gasteiger partial charge on any atom is 0.171 e.